The van der Waals surface area contributed by atoms with E-state index in [1.165, 1.54) is 18.7 Å². The summed E-state index contributed by atoms with van der Waals surface area (Å²) in [6.45, 7) is 4.47. The average molecular weight is 230 g/mol. The Morgan fingerprint density at radius 1 is 1.18 bits per heavy atom. The van der Waals surface area contributed by atoms with Crippen LogP contribution in [-0.2, 0) is 0 Å². The number of nitrogens with zero attached hydrogens (tertiary/aromatic N) is 2. The average Bonchev–Trinajstić information content (AvgIpc) is 2.38. The molecule has 1 N–H and O–H groups in total. The molecule has 1 fully saturated rings. The number of hydrogen-bond acceptors (Lipinski definition) is 2. The van der Waals surface area contributed by atoms with Gasteiger partial charge < -0.3 is 4.90 Å². The van der Waals surface area contributed by atoms with Gasteiger partial charge in [0.15, 0.2) is 0 Å². The highest BCUT2D eigenvalue weighted by molar-refractivity contribution is 5.77. The molecule has 0 unspecified atom stereocenters. The highest BCUT2D eigenvalue weighted by Crippen LogP contribution is 1.99. The van der Waals surface area contributed by atoms with Gasteiger partial charge in [-0.2, -0.15) is 5.10 Å². The first-order valence-electron chi connectivity index (χ1n) is 6.16. The van der Waals surface area contributed by atoms with Crippen molar-refractivity contribution in [3.63, 3.8) is 0 Å². The van der Waals surface area contributed by atoms with E-state index in [4.69, 9.17) is 0 Å². The summed E-state index contributed by atoms with van der Waals surface area (Å²) in [7, 11) is 2.23. The molecule has 0 spiro atoms. The van der Waals surface area contributed by atoms with Gasteiger partial charge in [0, 0.05) is 6.21 Å². The third-order valence-electron chi connectivity index (χ3n) is 3.00. The third kappa shape index (κ3) is 4.04. The van der Waals surface area contributed by atoms with Crippen molar-refractivity contribution in [2.75, 3.05) is 33.2 Å². The SMILES string of the molecule is C[NH+]1CCN(/N=C\C=C\c2ccccc2)CC1. The zero-order chi connectivity index (χ0) is 11.9. The number of hydrogen-bond donors (Lipinski definition) is 1. The van der Waals surface area contributed by atoms with Crippen LogP contribution in [0.1, 0.15) is 5.56 Å². The van der Waals surface area contributed by atoms with Crippen LogP contribution < -0.4 is 4.90 Å². The van der Waals surface area contributed by atoms with Gasteiger partial charge in [0.1, 0.15) is 0 Å². The Kier molecular flexibility index (Phi) is 4.33. The van der Waals surface area contributed by atoms with Gasteiger partial charge in [-0.25, -0.2) is 0 Å². The maximum Gasteiger partial charge on any atom is 0.0964 e. The molecule has 0 radical (unpaired) electrons. The van der Waals surface area contributed by atoms with Crippen molar-refractivity contribution >= 4 is 12.3 Å². The Hall–Kier alpha value is -1.61. The molecule has 3 nitrogen and oxygen atoms in total. The van der Waals surface area contributed by atoms with Gasteiger partial charge in [0.25, 0.3) is 0 Å². The Balaban J connectivity index is 1.80. The molecule has 0 aliphatic carbocycles. The van der Waals surface area contributed by atoms with Gasteiger partial charge >= 0.3 is 0 Å². The van der Waals surface area contributed by atoms with Crippen molar-refractivity contribution in [1.82, 2.24) is 5.01 Å². The van der Waals surface area contributed by atoms with E-state index in [9.17, 15) is 0 Å². The Bertz CT molecular complexity index is 376. The third-order valence-corrected chi connectivity index (χ3v) is 3.00. The predicted molar refractivity (Wildman–Crippen MR) is 72.2 cm³/mol. The molecule has 0 aromatic heterocycles. The quantitative estimate of drug-likeness (QED) is 0.750. The molecule has 17 heavy (non-hydrogen) atoms. The zero-order valence-electron chi connectivity index (χ0n) is 10.3. The number of benzene rings is 1. The van der Waals surface area contributed by atoms with E-state index in [-0.39, 0.29) is 0 Å². The summed E-state index contributed by atoms with van der Waals surface area (Å²) in [5.41, 5.74) is 1.21. The molecule has 1 aromatic rings. The van der Waals surface area contributed by atoms with E-state index in [2.05, 4.69) is 35.4 Å². The number of nitrogens with one attached hydrogen (secondary N) is 1. The zero-order valence-corrected chi connectivity index (χ0v) is 10.3. The lowest BCUT2D eigenvalue weighted by Crippen LogP contribution is -3.11. The molecule has 2 rings (SSSR count). The molecule has 3 heteroatoms. The summed E-state index contributed by atoms with van der Waals surface area (Å²) in [5.74, 6) is 0. The molecule has 90 valence electrons. The fourth-order valence-corrected chi connectivity index (χ4v) is 1.84. The molecular formula is C14H20N3+. The minimum Gasteiger partial charge on any atom is -0.334 e. The maximum atomic E-state index is 4.44. The summed E-state index contributed by atoms with van der Waals surface area (Å²) >= 11 is 0. The van der Waals surface area contributed by atoms with E-state index in [1.54, 1.807) is 4.90 Å². The molecule has 1 aliphatic rings. The molecule has 0 bridgehead atoms. The van der Waals surface area contributed by atoms with Crippen LogP contribution in [0.25, 0.3) is 6.08 Å². The molecule has 0 saturated carbocycles. The summed E-state index contributed by atoms with van der Waals surface area (Å²) < 4.78 is 0. The van der Waals surface area contributed by atoms with Gasteiger partial charge in [-0.05, 0) is 11.6 Å². The second-order valence-electron chi connectivity index (χ2n) is 4.45. The van der Waals surface area contributed by atoms with Gasteiger partial charge in [-0.3, -0.25) is 5.01 Å². The second kappa shape index (κ2) is 6.21. The summed E-state index contributed by atoms with van der Waals surface area (Å²) in [6, 6.07) is 10.3. The lowest BCUT2D eigenvalue weighted by molar-refractivity contribution is -0.884. The van der Waals surface area contributed by atoms with Crippen molar-refractivity contribution in [2.45, 2.75) is 0 Å². The predicted octanol–water partition coefficient (Wildman–Crippen LogP) is 0.516. The lowest BCUT2D eigenvalue weighted by atomic mass is 10.2. The number of quaternary nitrogens is 1. The van der Waals surface area contributed by atoms with E-state index in [0.29, 0.717) is 0 Å². The van der Waals surface area contributed by atoms with E-state index >= 15 is 0 Å². The van der Waals surface area contributed by atoms with Gasteiger partial charge in [-0.15, -0.1) is 0 Å². The van der Waals surface area contributed by atoms with Crippen molar-refractivity contribution < 1.29 is 4.90 Å². The largest absolute Gasteiger partial charge is 0.334 e. The van der Waals surface area contributed by atoms with Crippen molar-refractivity contribution in [3.05, 3.63) is 42.0 Å². The minimum absolute atomic E-state index is 1.06. The lowest BCUT2D eigenvalue weighted by Gasteiger charge is -2.27. The van der Waals surface area contributed by atoms with Crippen LogP contribution in [-0.4, -0.2) is 44.5 Å². The van der Waals surface area contributed by atoms with E-state index < -0.39 is 0 Å². The van der Waals surface area contributed by atoms with Gasteiger partial charge in [-0.1, -0.05) is 36.4 Å². The van der Waals surface area contributed by atoms with Gasteiger partial charge in [0.05, 0.1) is 33.2 Å². The number of allylic oxidation sites excluding steroid dienone is 1. The van der Waals surface area contributed by atoms with Crippen LogP contribution in [0.3, 0.4) is 0 Å². The molecule has 1 aliphatic heterocycles. The van der Waals surface area contributed by atoms with Crippen LogP contribution in [0.15, 0.2) is 41.5 Å². The van der Waals surface area contributed by atoms with Crippen LogP contribution >= 0.6 is 0 Å². The van der Waals surface area contributed by atoms with E-state index in [0.717, 1.165) is 13.1 Å². The maximum absolute atomic E-state index is 4.44. The van der Waals surface area contributed by atoms with Crippen LogP contribution in [0, 0.1) is 0 Å². The second-order valence-corrected chi connectivity index (χ2v) is 4.45. The fraction of sp³-hybridized carbons (Fsp3) is 0.357. The van der Waals surface area contributed by atoms with E-state index in [1.807, 2.05) is 30.5 Å². The first-order chi connectivity index (χ1) is 8.34. The molecular weight excluding hydrogens is 210 g/mol. The smallest absolute Gasteiger partial charge is 0.0964 e. The Labute approximate surface area is 103 Å². The molecule has 1 heterocycles. The number of piperazine rings is 1. The van der Waals surface area contributed by atoms with Crippen molar-refractivity contribution in [3.8, 4) is 0 Å². The molecule has 1 aromatic carbocycles. The van der Waals surface area contributed by atoms with Crippen LogP contribution in [0.5, 0.6) is 0 Å². The minimum atomic E-state index is 1.06. The highest BCUT2D eigenvalue weighted by atomic mass is 15.5. The normalized spacial score (nSPS) is 18.3. The monoisotopic (exact) mass is 230 g/mol. The molecule has 1 saturated heterocycles. The Morgan fingerprint density at radius 2 is 1.88 bits per heavy atom. The number of hydrazone groups is 1. The number of likely N-dealkylation sites (N-methyl/N-ethyl adjacent to an activating group) is 1. The first-order valence-corrected chi connectivity index (χ1v) is 6.16. The van der Waals surface area contributed by atoms with Gasteiger partial charge in [0.2, 0.25) is 0 Å². The standard InChI is InChI=1S/C14H19N3/c1-16-10-12-17(13-11-16)15-9-5-8-14-6-3-2-4-7-14/h2-9H,10-13H2,1H3/p+1/b8-5+,15-9-. The highest BCUT2D eigenvalue weighted by Gasteiger charge is 2.13. The molecule has 0 amide bonds. The summed E-state index contributed by atoms with van der Waals surface area (Å²) in [4.78, 5) is 1.59. The van der Waals surface area contributed by atoms with Crippen LogP contribution in [0.4, 0.5) is 0 Å². The summed E-state index contributed by atoms with van der Waals surface area (Å²) in [6.07, 6.45) is 5.96. The van der Waals surface area contributed by atoms with Crippen molar-refractivity contribution in [2.24, 2.45) is 5.10 Å². The first kappa shape index (κ1) is 11.9. The fourth-order valence-electron chi connectivity index (χ4n) is 1.84. The number of rotatable bonds is 3. The molecule has 0 atom stereocenters. The topological polar surface area (TPSA) is 20.0 Å². The van der Waals surface area contributed by atoms with Crippen LogP contribution in [0.2, 0.25) is 0 Å². The Morgan fingerprint density at radius 3 is 2.59 bits per heavy atom. The van der Waals surface area contributed by atoms with Crippen molar-refractivity contribution in [1.29, 1.82) is 0 Å². The summed E-state index contributed by atoms with van der Waals surface area (Å²) in [5, 5.41) is 6.58.